The number of amides is 1. The minimum Gasteiger partial charge on any atom is -0.398 e. The van der Waals surface area contributed by atoms with E-state index in [1.165, 1.54) is 22.1 Å². The summed E-state index contributed by atoms with van der Waals surface area (Å²) in [5.74, 6) is 0.413. The Labute approximate surface area is 178 Å². The molecule has 1 aliphatic rings. The highest BCUT2D eigenvalue weighted by Crippen LogP contribution is 2.41. The molecular weight excluding hydrogens is 370 g/mol. The van der Waals surface area contributed by atoms with E-state index in [0.29, 0.717) is 17.2 Å². The lowest BCUT2D eigenvalue weighted by Gasteiger charge is -2.29. The number of carbonyl (C=O) groups is 1. The molecule has 0 saturated carbocycles. The Hall–Kier alpha value is -2.85. The fourth-order valence-corrected chi connectivity index (χ4v) is 4.97. The van der Waals surface area contributed by atoms with Crippen molar-refractivity contribution in [3.8, 4) is 0 Å². The number of piperidine rings is 1. The number of anilines is 2. The zero-order valence-electron chi connectivity index (χ0n) is 17.9. The van der Waals surface area contributed by atoms with E-state index < -0.39 is 0 Å². The molecule has 3 aromatic carbocycles. The Kier molecular flexibility index (Phi) is 6.05. The predicted octanol–water partition coefficient (Wildman–Crippen LogP) is 5.27. The smallest absolute Gasteiger partial charge is 0.257 e. The summed E-state index contributed by atoms with van der Waals surface area (Å²) >= 11 is 0. The number of nitrogen functional groups attached to an aromatic ring is 1. The van der Waals surface area contributed by atoms with Crippen molar-refractivity contribution in [3.63, 3.8) is 0 Å². The van der Waals surface area contributed by atoms with Crippen LogP contribution in [0, 0.1) is 0 Å². The third-order valence-corrected chi connectivity index (χ3v) is 6.38. The molecule has 0 unspecified atom stereocenters. The van der Waals surface area contributed by atoms with Crippen molar-refractivity contribution in [1.29, 1.82) is 0 Å². The first-order chi connectivity index (χ1) is 14.7. The second kappa shape index (κ2) is 8.88. The van der Waals surface area contributed by atoms with E-state index in [-0.39, 0.29) is 5.91 Å². The van der Waals surface area contributed by atoms with Crippen molar-refractivity contribution in [2.45, 2.75) is 45.4 Å². The first kappa shape index (κ1) is 20.4. The average molecular weight is 402 g/mol. The molecule has 0 aliphatic carbocycles. The lowest BCUT2D eigenvalue weighted by atomic mass is 9.80. The maximum Gasteiger partial charge on any atom is 0.257 e. The lowest BCUT2D eigenvalue weighted by Crippen LogP contribution is -2.27. The first-order valence-corrected chi connectivity index (χ1v) is 11.1. The van der Waals surface area contributed by atoms with Gasteiger partial charge in [-0.15, -0.1) is 0 Å². The van der Waals surface area contributed by atoms with Gasteiger partial charge in [-0.2, -0.15) is 0 Å². The van der Waals surface area contributed by atoms with Crippen LogP contribution in [0.1, 0.15) is 59.7 Å². The largest absolute Gasteiger partial charge is 0.398 e. The summed E-state index contributed by atoms with van der Waals surface area (Å²) in [6.07, 6.45) is 4.16. The van der Waals surface area contributed by atoms with E-state index in [1.807, 2.05) is 12.1 Å². The predicted molar refractivity (Wildman–Crippen MR) is 126 cm³/mol. The molecule has 1 fully saturated rings. The van der Waals surface area contributed by atoms with Gasteiger partial charge in [-0.05, 0) is 78.9 Å². The van der Waals surface area contributed by atoms with Gasteiger partial charge in [-0.1, -0.05) is 50.2 Å². The van der Waals surface area contributed by atoms with Gasteiger partial charge in [0.25, 0.3) is 5.91 Å². The lowest BCUT2D eigenvalue weighted by molar-refractivity contribution is 0.102. The molecule has 30 heavy (non-hydrogen) atoms. The molecule has 4 nitrogen and oxygen atoms in total. The van der Waals surface area contributed by atoms with Crippen LogP contribution in [0.3, 0.4) is 0 Å². The molecule has 1 aliphatic heterocycles. The Morgan fingerprint density at radius 2 is 1.60 bits per heavy atom. The van der Waals surface area contributed by atoms with Crippen molar-refractivity contribution < 1.29 is 4.79 Å². The second-order valence-corrected chi connectivity index (χ2v) is 8.06. The van der Waals surface area contributed by atoms with E-state index in [2.05, 4.69) is 48.7 Å². The third-order valence-electron chi connectivity index (χ3n) is 6.38. The third kappa shape index (κ3) is 3.68. The molecule has 4 heteroatoms. The molecular formula is C26H31N3O. The van der Waals surface area contributed by atoms with Gasteiger partial charge in [0.1, 0.15) is 0 Å². The highest BCUT2D eigenvalue weighted by atomic mass is 16.1. The number of nitrogens with one attached hydrogen (secondary N) is 2. The van der Waals surface area contributed by atoms with Gasteiger partial charge in [-0.25, -0.2) is 0 Å². The molecule has 0 aromatic heterocycles. The van der Waals surface area contributed by atoms with Gasteiger partial charge in [0.15, 0.2) is 0 Å². The van der Waals surface area contributed by atoms with E-state index in [4.69, 9.17) is 5.73 Å². The van der Waals surface area contributed by atoms with Crippen LogP contribution < -0.4 is 16.4 Å². The zero-order chi connectivity index (χ0) is 21.1. The average Bonchev–Trinajstić information content (AvgIpc) is 2.79. The summed E-state index contributed by atoms with van der Waals surface area (Å²) in [5, 5.41) is 9.13. The summed E-state index contributed by atoms with van der Waals surface area (Å²) in [6, 6.07) is 15.8. The Bertz CT molecular complexity index is 1070. The second-order valence-electron chi connectivity index (χ2n) is 8.06. The van der Waals surface area contributed by atoms with E-state index in [1.54, 1.807) is 12.1 Å². The van der Waals surface area contributed by atoms with Crippen molar-refractivity contribution in [1.82, 2.24) is 5.32 Å². The van der Waals surface area contributed by atoms with Gasteiger partial charge < -0.3 is 16.4 Å². The molecule has 0 bridgehead atoms. The van der Waals surface area contributed by atoms with Crippen LogP contribution in [0.2, 0.25) is 0 Å². The maximum absolute atomic E-state index is 13.1. The van der Waals surface area contributed by atoms with E-state index in [9.17, 15) is 4.79 Å². The molecule has 0 spiro atoms. The molecule has 1 heterocycles. The van der Waals surface area contributed by atoms with Crippen LogP contribution in [0.15, 0.2) is 48.5 Å². The number of hydrogen-bond donors (Lipinski definition) is 3. The standard InChI is InChI=1S/C26H31N3O/c1-3-18-19(4-2)25(29-26(30)22-11-7-8-12-23(22)27)21-10-6-5-9-20(21)24(18)17-13-15-28-16-14-17/h5-12,17,28H,3-4,13-16,27H2,1-2H3,(H,29,30). The van der Waals surface area contributed by atoms with Crippen LogP contribution in [-0.4, -0.2) is 19.0 Å². The van der Waals surface area contributed by atoms with Crippen LogP contribution in [0.5, 0.6) is 0 Å². The number of rotatable bonds is 5. The molecule has 156 valence electrons. The fourth-order valence-electron chi connectivity index (χ4n) is 4.97. The molecule has 1 amide bonds. The summed E-state index contributed by atoms with van der Waals surface area (Å²) in [4.78, 5) is 13.1. The summed E-state index contributed by atoms with van der Waals surface area (Å²) in [7, 11) is 0. The number of para-hydroxylation sites is 1. The maximum atomic E-state index is 13.1. The number of hydrogen-bond acceptors (Lipinski definition) is 3. The fraction of sp³-hybridized carbons (Fsp3) is 0.346. The number of fused-ring (bicyclic) bond motifs is 1. The first-order valence-electron chi connectivity index (χ1n) is 11.1. The van der Waals surface area contributed by atoms with Crippen LogP contribution in [0.25, 0.3) is 10.8 Å². The quantitative estimate of drug-likeness (QED) is 0.511. The Balaban J connectivity index is 1.90. The monoisotopic (exact) mass is 401 g/mol. The summed E-state index contributed by atoms with van der Waals surface area (Å²) < 4.78 is 0. The molecule has 0 radical (unpaired) electrons. The van der Waals surface area contributed by atoms with Crippen molar-refractivity contribution in [2.75, 3.05) is 24.1 Å². The highest BCUT2D eigenvalue weighted by Gasteiger charge is 2.25. The van der Waals surface area contributed by atoms with Gasteiger partial charge in [0, 0.05) is 11.1 Å². The minimum absolute atomic E-state index is 0.148. The van der Waals surface area contributed by atoms with Crippen molar-refractivity contribution >= 4 is 28.1 Å². The van der Waals surface area contributed by atoms with Crippen LogP contribution in [-0.2, 0) is 12.8 Å². The molecule has 1 saturated heterocycles. The Morgan fingerprint density at radius 1 is 0.967 bits per heavy atom. The SMILES string of the molecule is CCc1c(CC)c(C2CCNCC2)c2ccccc2c1NC(=O)c1ccccc1N. The van der Waals surface area contributed by atoms with E-state index in [0.717, 1.165) is 49.8 Å². The summed E-state index contributed by atoms with van der Waals surface area (Å²) in [6.45, 7) is 6.54. The van der Waals surface area contributed by atoms with Gasteiger partial charge in [0.2, 0.25) is 0 Å². The minimum atomic E-state index is -0.148. The highest BCUT2D eigenvalue weighted by molar-refractivity contribution is 6.13. The molecule has 0 atom stereocenters. The van der Waals surface area contributed by atoms with E-state index >= 15 is 0 Å². The molecule has 4 N–H and O–H groups in total. The molecule has 3 aromatic rings. The van der Waals surface area contributed by atoms with Crippen LogP contribution >= 0.6 is 0 Å². The number of nitrogens with two attached hydrogens (primary N) is 1. The van der Waals surface area contributed by atoms with Gasteiger partial charge in [0.05, 0.1) is 11.3 Å². The van der Waals surface area contributed by atoms with Crippen LogP contribution in [0.4, 0.5) is 11.4 Å². The van der Waals surface area contributed by atoms with Crippen molar-refractivity contribution in [2.24, 2.45) is 0 Å². The Morgan fingerprint density at radius 3 is 2.27 bits per heavy atom. The van der Waals surface area contributed by atoms with Gasteiger partial charge in [-0.3, -0.25) is 4.79 Å². The van der Waals surface area contributed by atoms with Crippen molar-refractivity contribution in [3.05, 3.63) is 70.8 Å². The summed E-state index contributed by atoms with van der Waals surface area (Å²) in [5.41, 5.74) is 12.2. The number of carbonyl (C=O) groups excluding carboxylic acids is 1. The molecule has 4 rings (SSSR count). The normalized spacial score (nSPS) is 14.7. The zero-order valence-corrected chi connectivity index (χ0v) is 17.9. The topological polar surface area (TPSA) is 67.1 Å². The van der Waals surface area contributed by atoms with Gasteiger partial charge >= 0.3 is 0 Å². The number of benzene rings is 3.